The number of hydrogen-bond donors (Lipinski definition) is 3. The smallest absolute Gasteiger partial charge is 0.337 e. The van der Waals surface area contributed by atoms with E-state index in [-0.39, 0.29) is 0 Å². The third-order valence-electron chi connectivity index (χ3n) is 5.54. The van der Waals surface area contributed by atoms with Gasteiger partial charge in [-0.05, 0) is 12.8 Å². The molecule has 1 fully saturated rings. The number of carbonyl (C=O) groups is 4. The highest BCUT2D eigenvalue weighted by molar-refractivity contribution is 6.04. The van der Waals surface area contributed by atoms with Gasteiger partial charge in [0.05, 0.1) is 12.7 Å². The van der Waals surface area contributed by atoms with Crippen molar-refractivity contribution in [2.45, 2.75) is 82.5 Å². The highest BCUT2D eigenvalue weighted by Gasteiger charge is 2.69. The summed E-state index contributed by atoms with van der Waals surface area (Å²) in [5.41, 5.74) is -2.27. The van der Waals surface area contributed by atoms with E-state index in [2.05, 4.69) is 6.92 Å². The van der Waals surface area contributed by atoms with Crippen molar-refractivity contribution in [1.82, 2.24) is 0 Å². The maximum atomic E-state index is 12.8. The lowest BCUT2D eigenvalue weighted by atomic mass is 9.83. The molecule has 2 heterocycles. The van der Waals surface area contributed by atoms with Crippen LogP contribution in [0.3, 0.4) is 0 Å². The lowest BCUT2D eigenvalue weighted by molar-refractivity contribution is -0.224. The summed E-state index contributed by atoms with van der Waals surface area (Å²) < 4.78 is 10.7. The molecule has 2 aliphatic heterocycles. The predicted molar refractivity (Wildman–Crippen MR) is 99.0 cm³/mol. The number of ketones is 1. The van der Waals surface area contributed by atoms with Crippen molar-refractivity contribution in [3.63, 3.8) is 0 Å². The van der Waals surface area contributed by atoms with Gasteiger partial charge in [-0.25, -0.2) is 4.79 Å². The Morgan fingerprint density at radius 1 is 1.07 bits per heavy atom. The summed E-state index contributed by atoms with van der Waals surface area (Å²) in [5, 5.41) is 28.1. The van der Waals surface area contributed by atoms with Crippen molar-refractivity contribution in [3.8, 4) is 0 Å². The molecule has 29 heavy (non-hydrogen) atoms. The van der Waals surface area contributed by atoms with Gasteiger partial charge in [-0.2, -0.15) is 0 Å². The maximum Gasteiger partial charge on any atom is 0.337 e. The van der Waals surface area contributed by atoms with Crippen LogP contribution in [-0.4, -0.2) is 50.4 Å². The predicted octanol–water partition coefficient (Wildman–Crippen LogP) is 2.73. The van der Waals surface area contributed by atoms with Gasteiger partial charge in [0.1, 0.15) is 5.92 Å². The van der Waals surface area contributed by atoms with E-state index in [1.54, 1.807) is 0 Å². The van der Waals surface area contributed by atoms with Gasteiger partial charge in [-0.15, -0.1) is 0 Å². The monoisotopic (exact) mass is 412 g/mol. The molecule has 0 bridgehead atoms. The molecule has 3 atom stereocenters. The minimum Gasteiger partial charge on any atom is -0.481 e. The van der Waals surface area contributed by atoms with E-state index in [0.29, 0.717) is 12.0 Å². The summed E-state index contributed by atoms with van der Waals surface area (Å²) in [7, 11) is 0. The first kappa shape index (κ1) is 22.9. The van der Waals surface area contributed by atoms with Gasteiger partial charge in [-0.1, -0.05) is 45.4 Å². The first-order chi connectivity index (χ1) is 13.7. The summed E-state index contributed by atoms with van der Waals surface area (Å²) in [4.78, 5) is 47.4. The van der Waals surface area contributed by atoms with Crippen molar-refractivity contribution in [3.05, 3.63) is 11.8 Å². The van der Waals surface area contributed by atoms with Crippen molar-refractivity contribution < 1.29 is 44.0 Å². The number of rotatable bonds is 12. The van der Waals surface area contributed by atoms with Gasteiger partial charge >= 0.3 is 17.9 Å². The van der Waals surface area contributed by atoms with Crippen LogP contribution in [0, 0.1) is 5.92 Å². The quantitative estimate of drug-likeness (QED) is 0.411. The van der Waals surface area contributed by atoms with Gasteiger partial charge < -0.3 is 24.8 Å². The second kappa shape index (κ2) is 9.39. The fourth-order valence-corrected chi connectivity index (χ4v) is 3.95. The number of unbranched alkanes of at least 4 members (excludes halogenated alkanes) is 6. The molecule has 2 rings (SSSR count). The Labute approximate surface area is 168 Å². The Morgan fingerprint density at radius 2 is 1.69 bits per heavy atom. The van der Waals surface area contributed by atoms with E-state index >= 15 is 0 Å². The minimum atomic E-state index is -2.57. The molecule has 0 saturated carbocycles. The largest absolute Gasteiger partial charge is 0.481 e. The lowest BCUT2D eigenvalue weighted by Gasteiger charge is -2.28. The molecule has 0 radical (unpaired) electrons. The molecule has 2 aliphatic rings. The first-order valence-corrected chi connectivity index (χ1v) is 9.98. The van der Waals surface area contributed by atoms with Crippen molar-refractivity contribution in [2.75, 3.05) is 0 Å². The van der Waals surface area contributed by atoms with E-state index in [1.807, 2.05) is 0 Å². The van der Waals surface area contributed by atoms with Gasteiger partial charge in [0.2, 0.25) is 5.78 Å². The second-order valence-electron chi connectivity index (χ2n) is 7.68. The molecule has 0 amide bonds. The Hall–Kier alpha value is -2.42. The number of hydrogen-bond acceptors (Lipinski definition) is 6. The second-order valence-corrected chi connectivity index (χ2v) is 7.68. The molecule has 0 aromatic heterocycles. The van der Waals surface area contributed by atoms with Crippen LogP contribution >= 0.6 is 0 Å². The van der Waals surface area contributed by atoms with Gasteiger partial charge in [0.25, 0.3) is 5.79 Å². The summed E-state index contributed by atoms with van der Waals surface area (Å²) in [6.45, 7) is 2.14. The van der Waals surface area contributed by atoms with E-state index in [4.69, 9.17) is 14.6 Å². The molecule has 0 aliphatic carbocycles. The SMILES string of the molecule is CCCCCCCCCC1=CO[C@]2(CC(C(=O)O)[C@@](CC(=O)O)(C(=O)O)O2)C1=O. The van der Waals surface area contributed by atoms with Crippen LogP contribution in [0.1, 0.15) is 71.1 Å². The van der Waals surface area contributed by atoms with Crippen LogP contribution in [0.4, 0.5) is 0 Å². The van der Waals surface area contributed by atoms with E-state index in [9.17, 15) is 29.4 Å². The lowest BCUT2D eigenvalue weighted by Crippen LogP contribution is -2.50. The average Bonchev–Trinajstić information content (AvgIpc) is 3.13. The van der Waals surface area contributed by atoms with Crippen LogP contribution in [-0.2, 0) is 28.7 Å². The Balaban J connectivity index is 2.04. The van der Waals surface area contributed by atoms with Crippen LogP contribution < -0.4 is 0 Å². The zero-order valence-electron chi connectivity index (χ0n) is 16.5. The van der Waals surface area contributed by atoms with Crippen LogP contribution in [0.25, 0.3) is 0 Å². The first-order valence-electron chi connectivity index (χ1n) is 9.98. The van der Waals surface area contributed by atoms with Crippen LogP contribution in [0.15, 0.2) is 11.8 Å². The molecular formula is C20H28O9. The molecule has 162 valence electrons. The highest BCUT2D eigenvalue weighted by Crippen LogP contribution is 2.49. The topological polar surface area (TPSA) is 147 Å². The third kappa shape index (κ3) is 4.77. The number of aliphatic carboxylic acids is 3. The Bertz CT molecular complexity index is 698. The average molecular weight is 412 g/mol. The summed E-state index contributed by atoms with van der Waals surface area (Å²) in [6, 6.07) is 0. The molecule has 0 aromatic rings. The molecule has 1 spiro atoms. The zero-order chi connectivity index (χ0) is 21.7. The zero-order valence-corrected chi connectivity index (χ0v) is 16.5. The maximum absolute atomic E-state index is 12.8. The molecule has 9 nitrogen and oxygen atoms in total. The summed E-state index contributed by atoms with van der Waals surface area (Å²) >= 11 is 0. The molecular weight excluding hydrogens is 384 g/mol. The highest BCUT2D eigenvalue weighted by atomic mass is 16.7. The molecule has 1 saturated heterocycles. The number of carbonyl (C=O) groups excluding carboxylic acids is 1. The third-order valence-corrected chi connectivity index (χ3v) is 5.54. The van der Waals surface area contributed by atoms with E-state index < -0.39 is 53.8 Å². The normalized spacial score (nSPS) is 28.4. The Kier molecular flexibility index (Phi) is 7.40. The molecule has 1 unspecified atom stereocenters. The van der Waals surface area contributed by atoms with Crippen molar-refractivity contribution in [1.29, 1.82) is 0 Å². The minimum absolute atomic E-state index is 0.305. The molecule has 9 heteroatoms. The fraction of sp³-hybridized carbons (Fsp3) is 0.700. The Morgan fingerprint density at radius 3 is 2.24 bits per heavy atom. The van der Waals surface area contributed by atoms with Crippen LogP contribution in [0.5, 0.6) is 0 Å². The number of ether oxygens (including phenoxy) is 2. The van der Waals surface area contributed by atoms with E-state index in [1.165, 1.54) is 19.1 Å². The summed E-state index contributed by atoms with van der Waals surface area (Å²) in [6.07, 6.45) is 7.33. The fourth-order valence-electron chi connectivity index (χ4n) is 3.95. The summed E-state index contributed by atoms with van der Waals surface area (Å²) in [5.74, 6) is -9.29. The van der Waals surface area contributed by atoms with Crippen molar-refractivity contribution in [2.24, 2.45) is 5.92 Å². The van der Waals surface area contributed by atoms with Crippen LogP contribution in [0.2, 0.25) is 0 Å². The van der Waals surface area contributed by atoms with Crippen molar-refractivity contribution >= 4 is 23.7 Å². The van der Waals surface area contributed by atoms with Gasteiger partial charge in [0.15, 0.2) is 5.60 Å². The van der Waals surface area contributed by atoms with E-state index in [0.717, 1.165) is 32.1 Å². The van der Waals surface area contributed by atoms with Gasteiger partial charge in [-0.3, -0.25) is 14.4 Å². The number of carboxylic acid groups (broad SMARTS) is 3. The standard InChI is InChI=1S/C20H28O9/c1-2-3-4-5-6-7-8-9-13-12-28-20(16(13)23)10-14(17(24)25)19(29-20,18(26)27)11-15(21)22/h12,14H,2-11H2,1H3,(H,21,22)(H,24,25)(H,26,27)/t14?,19-,20-/m0/s1. The number of Topliss-reactive ketones (excluding diaryl/α,β-unsaturated/α-hetero) is 1. The molecule has 3 N–H and O–H groups in total. The van der Waals surface area contributed by atoms with Gasteiger partial charge in [0, 0.05) is 12.0 Å². The number of carboxylic acids is 3. The molecule has 0 aromatic carbocycles.